The van der Waals surface area contributed by atoms with Crippen LogP contribution in [0.3, 0.4) is 0 Å². The van der Waals surface area contributed by atoms with E-state index in [9.17, 15) is 4.79 Å². The Morgan fingerprint density at radius 2 is 1.61 bits per heavy atom. The normalized spacial score (nSPS) is 11.8. The van der Waals surface area contributed by atoms with Gasteiger partial charge in [0.1, 0.15) is 6.17 Å². The van der Waals surface area contributed by atoms with E-state index in [0.717, 1.165) is 11.3 Å². The van der Waals surface area contributed by atoms with Gasteiger partial charge in [0.15, 0.2) is 16.6 Å². The van der Waals surface area contributed by atoms with E-state index in [-0.39, 0.29) is 10.7 Å². The van der Waals surface area contributed by atoms with Crippen LogP contribution in [0.2, 0.25) is 0 Å². The van der Waals surface area contributed by atoms with Crippen LogP contribution in [0.25, 0.3) is 0 Å². The molecule has 0 aliphatic carbocycles. The van der Waals surface area contributed by atoms with Crippen molar-refractivity contribution in [3.8, 4) is 17.2 Å². The van der Waals surface area contributed by atoms with Crippen molar-refractivity contribution >= 4 is 63.7 Å². The van der Waals surface area contributed by atoms with Gasteiger partial charge < -0.3 is 30.2 Å². The number of aryl methyl sites for hydroxylation is 1. The van der Waals surface area contributed by atoms with Gasteiger partial charge in [-0.15, -0.1) is 0 Å². The van der Waals surface area contributed by atoms with E-state index in [1.54, 1.807) is 0 Å². The molecule has 0 heterocycles. The van der Waals surface area contributed by atoms with Crippen LogP contribution in [0.5, 0.6) is 17.2 Å². The van der Waals surface area contributed by atoms with Crippen molar-refractivity contribution in [2.24, 2.45) is 0 Å². The number of anilines is 1. The third-order valence-corrected chi connectivity index (χ3v) is 4.96. The van der Waals surface area contributed by atoms with Crippen LogP contribution >= 0.6 is 47.0 Å². The molecule has 0 saturated carbocycles. The molecule has 0 fully saturated rings. The van der Waals surface area contributed by atoms with E-state index in [0.29, 0.717) is 17.2 Å². The number of nitrogens with one attached hydrogen (secondary N) is 3. The lowest BCUT2D eigenvalue weighted by Gasteiger charge is -2.28. The lowest BCUT2D eigenvalue weighted by Crippen LogP contribution is -2.56. The summed E-state index contributed by atoms with van der Waals surface area (Å²) in [6.07, 6.45) is -1.14. The third-order valence-electron chi connectivity index (χ3n) is 4.08. The number of carbonyl (C=O) groups excluding carboxylic acids is 1. The second-order valence-corrected chi connectivity index (χ2v) is 9.11. The number of alkyl halides is 3. The Kier molecular flexibility index (Phi) is 8.88. The SMILES string of the molecule is COc1cc(C(=O)N[C@H](NC(=S)Nc2cccc(C)c2)C(Cl)(Cl)Cl)cc(OC)c1OC. The molecule has 0 spiro atoms. The molecule has 7 nitrogen and oxygen atoms in total. The number of carbonyl (C=O) groups is 1. The molecule has 0 aromatic heterocycles. The highest BCUT2D eigenvalue weighted by molar-refractivity contribution is 7.80. The predicted molar refractivity (Wildman–Crippen MR) is 128 cm³/mol. The Balaban J connectivity index is 2.21. The number of methoxy groups -OCH3 is 3. The number of rotatable bonds is 7. The van der Waals surface area contributed by atoms with Gasteiger partial charge in [-0.05, 0) is 49.0 Å². The van der Waals surface area contributed by atoms with Crippen LogP contribution in [0.15, 0.2) is 36.4 Å². The zero-order valence-electron chi connectivity index (χ0n) is 17.2. The number of ether oxygens (including phenoxy) is 3. The number of hydrogen-bond donors (Lipinski definition) is 3. The first-order valence-electron chi connectivity index (χ1n) is 8.90. The summed E-state index contributed by atoms with van der Waals surface area (Å²) in [5.74, 6) is 0.409. The van der Waals surface area contributed by atoms with Crippen molar-refractivity contribution in [2.75, 3.05) is 26.6 Å². The summed E-state index contributed by atoms with van der Waals surface area (Å²) >= 11 is 23.5. The molecular weight excluding hydrogens is 485 g/mol. The zero-order chi connectivity index (χ0) is 23.2. The minimum atomic E-state index is -1.91. The maximum absolute atomic E-state index is 12.9. The molecule has 1 amide bonds. The maximum atomic E-state index is 12.9. The van der Waals surface area contributed by atoms with Gasteiger partial charge in [0.05, 0.1) is 21.3 Å². The molecule has 0 bridgehead atoms. The van der Waals surface area contributed by atoms with Crippen molar-refractivity contribution in [2.45, 2.75) is 16.9 Å². The fraction of sp³-hybridized carbons (Fsp3) is 0.300. The molecule has 2 aromatic rings. The van der Waals surface area contributed by atoms with E-state index in [4.69, 9.17) is 61.2 Å². The van der Waals surface area contributed by atoms with Gasteiger partial charge in [-0.25, -0.2) is 0 Å². The summed E-state index contributed by atoms with van der Waals surface area (Å²) in [6.45, 7) is 1.95. The van der Waals surface area contributed by atoms with Crippen molar-refractivity contribution in [3.05, 3.63) is 47.5 Å². The molecule has 2 rings (SSSR count). The summed E-state index contributed by atoms with van der Waals surface area (Å²) < 4.78 is 13.9. The van der Waals surface area contributed by atoms with Crippen LogP contribution in [0.4, 0.5) is 5.69 Å². The summed E-state index contributed by atoms with van der Waals surface area (Å²) in [5, 5.41) is 8.57. The lowest BCUT2D eigenvalue weighted by atomic mass is 10.1. The van der Waals surface area contributed by atoms with E-state index < -0.39 is 15.9 Å². The van der Waals surface area contributed by atoms with Gasteiger partial charge in [0.25, 0.3) is 5.91 Å². The second kappa shape index (κ2) is 10.9. The quantitative estimate of drug-likeness (QED) is 0.291. The van der Waals surface area contributed by atoms with Gasteiger partial charge in [-0.3, -0.25) is 4.79 Å². The summed E-state index contributed by atoms with van der Waals surface area (Å²) in [6, 6.07) is 10.5. The van der Waals surface area contributed by atoms with E-state index in [2.05, 4.69) is 16.0 Å². The predicted octanol–water partition coefficient (Wildman–Crippen LogP) is 4.43. The highest BCUT2D eigenvalue weighted by Crippen LogP contribution is 2.38. The molecular formula is C20H22Cl3N3O4S. The average Bonchev–Trinajstić information content (AvgIpc) is 2.71. The Bertz CT molecular complexity index is 929. The van der Waals surface area contributed by atoms with Crippen LogP contribution in [0, 0.1) is 6.92 Å². The number of thiocarbonyl (C=S) groups is 1. The van der Waals surface area contributed by atoms with E-state index in [1.165, 1.54) is 33.5 Å². The van der Waals surface area contributed by atoms with Crippen LogP contribution < -0.4 is 30.2 Å². The number of hydrogen-bond acceptors (Lipinski definition) is 5. The van der Waals surface area contributed by atoms with Crippen molar-refractivity contribution in [1.82, 2.24) is 10.6 Å². The molecule has 168 valence electrons. The first-order valence-corrected chi connectivity index (χ1v) is 10.4. The van der Waals surface area contributed by atoms with Crippen molar-refractivity contribution in [3.63, 3.8) is 0 Å². The van der Waals surface area contributed by atoms with Gasteiger partial charge in [-0.1, -0.05) is 46.9 Å². The second-order valence-electron chi connectivity index (χ2n) is 6.33. The van der Waals surface area contributed by atoms with Gasteiger partial charge >= 0.3 is 0 Å². The summed E-state index contributed by atoms with van der Waals surface area (Å²) in [5.41, 5.74) is 1.99. The molecule has 31 heavy (non-hydrogen) atoms. The monoisotopic (exact) mass is 505 g/mol. The largest absolute Gasteiger partial charge is 0.493 e. The highest BCUT2D eigenvalue weighted by atomic mass is 35.6. The fourth-order valence-corrected chi connectivity index (χ4v) is 3.21. The average molecular weight is 507 g/mol. The first kappa shape index (κ1) is 25.1. The van der Waals surface area contributed by atoms with Crippen LogP contribution in [0.1, 0.15) is 15.9 Å². The smallest absolute Gasteiger partial charge is 0.253 e. The van der Waals surface area contributed by atoms with E-state index in [1.807, 2.05) is 31.2 Å². The van der Waals surface area contributed by atoms with Gasteiger partial charge in [-0.2, -0.15) is 0 Å². The maximum Gasteiger partial charge on any atom is 0.253 e. The molecule has 11 heteroatoms. The first-order chi connectivity index (χ1) is 14.6. The molecule has 0 saturated heterocycles. The van der Waals surface area contributed by atoms with Crippen LogP contribution in [-0.2, 0) is 0 Å². The van der Waals surface area contributed by atoms with Crippen molar-refractivity contribution in [1.29, 1.82) is 0 Å². The van der Waals surface area contributed by atoms with Crippen LogP contribution in [-0.4, -0.2) is 42.3 Å². The minimum Gasteiger partial charge on any atom is -0.493 e. The number of halogens is 3. The molecule has 2 aromatic carbocycles. The molecule has 3 N–H and O–H groups in total. The summed E-state index contributed by atoms with van der Waals surface area (Å²) in [7, 11) is 4.35. The number of amides is 1. The highest BCUT2D eigenvalue weighted by Gasteiger charge is 2.35. The Morgan fingerprint density at radius 3 is 2.10 bits per heavy atom. The topological polar surface area (TPSA) is 80.9 Å². The minimum absolute atomic E-state index is 0.159. The summed E-state index contributed by atoms with van der Waals surface area (Å²) in [4.78, 5) is 12.9. The third kappa shape index (κ3) is 6.93. The fourth-order valence-electron chi connectivity index (χ4n) is 2.65. The Labute approximate surface area is 201 Å². The van der Waals surface area contributed by atoms with Gasteiger partial charge in [0.2, 0.25) is 9.54 Å². The zero-order valence-corrected chi connectivity index (χ0v) is 20.3. The van der Waals surface area contributed by atoms with Gasteiger partial charge in [0, 0.05) is 11.3 Å². The van der Waals surface area contributed by atoms with Crippen molar-refractivity contribution < 1.29 is 19.0 Å². The number of benzene rings is 2. The Morgan fingerprint density at radius 1 is 1.00 bits per heavy atom. The van der Waals surface area contributed by atoms with E-state index >= 15 is 0 Å². The molecule has 1 atom stereocenters. The molecule has 0 radical (unpaired) electrons. The molecule has 0 unspecified atom stereocenters. The molecule has 0 aliphatic rings. The lowest BCUT2D eigenvalue weighted by molar-refractivity contribution is 0.0933. The molecule has 0 aliphatic heterocycles. The Hall–Kier alpha value is -2.13. The standard InChI is InChI=1S/C20H22Cl3N3O4S/c1-11-6-5-7-13(8-11)24-19(31)26-18(20(21,22)23)25-17(27)12-9-14(28-2)16(30-4)15(10-12)29-3/h5-10,18H,1-4H3,(H,25,27)(H2,24,26,31)/t18-/m1/s1.